The average Bonchev–Trinajstić information content (AvgIpc) is 2.65. The molecular formula is C14H22N2S. The topological polar surface area (TPSA) is 15.3 Å². The number of rotatable bonds is 4. The van der Waals surface area contributed by atoms with E-state index in [1.54, 1.807) is 0 Å². The maximum atomic E-state index is 3.45. The third-order valence-electron chi connectivity index (χ3n) is 3.31. The van der Waals surface area contributed by atoms with Crippen LogP contribution in [0.25, 0.3) is 0 Å². The monoisotopic (exact) mass is 250 g/mol. The summed E-state index contributed by atoms with van der Waals surface area (Å²) in [5.41, 5.74) is 1.46. The highest BCUT2D eigenvalue weighted by atomic mass is 32.2. The third kappa shape index (κ3) is 4.34. The van der Waals surface area contributed by atoms with Crippen molar-refractivity contribution in [3.63, 3.8) is 0 Å². The van der Waals surface area contributed by atoms with E-state index < -0.39 is 0 Å². The van der Waals surface area contributed by atoms with Gasteiger partial charge in [0, 0.05) is 24.5 Å². The zero-order valence-corrected chi connectivity index (χ0v) is 11.4. The van der Waals surface area contributed by atoms with E-state index in [0.29, 0.717) is 0 Å². The van der Waals surface area contributed by atoms with Crippen LogP contribution in [0.3, 0.4) is 0 Å². The molecule has 0 saturated carbocycles. The molecule has 0 amide bonds. The van der Waals surface area contributed by atoms with Gasteiger partial charge in [0.1, 0.15) is 0 Å². The van der Waals surface area contributed by atoms with E-state index in [9.17, 15) is 0 Å². The van der Waals surface area contributed by atoms with Gasteiger partial charge in [-0.05, 0) is 49.9 Å². The third-order valence-corrected chi connectivity index (χ3v) is 4.05. The first kappa shape index (κ1) is 12.9. The minimum absolute atomic E-state index is 1.14. The lowest BCUT2D eigenvalue weighted by Crippen LogP contribution is -2.30. The molecule has 1 N–H and O–H groups in total. The van der Waals surface area contributed by atoms with Gasteiger partial charge in [0.05, 0.1) is 0 Å². The molecule has 0 spiro atoms. The average molecular weight is 250 g/mol. The molecule has 3 heteroatoms. The maximum absolute atomic E-state index is 3.45. The molecule has 0 aromatic heterocycles. The molecule has 1 saturated heterocycles. The van der Waals surface area contributed by atoms with Crippen LogP contribution in [0.15, 0.2) is 29.2 Å². The Morgan fingerprint density at radius 2 is 2.00 bits per heavy atom. The summed E-state index contributed by atoms with van der Waals surface area (Å²) in [6, 6.07) is 8.98. The Balaban J connectivity index is 1.79. The number of nitrogens with one attached hydrogen (secondary N) is 1. The molecule has 0 unspecified atom stereocenters. The second-order valence-electron chi connectivity index (χ2n) is 4.54. The first-order chi connectivity index (χ1) is 8.38. The molecule has 0 radical (unpaired) electrons. The van der Waals surface area contributed by atoms with E-state index in [2.05, 4.69) is 40.7 Å². The molecule has 1 fully saturated rings. The lowest BCUT2D eigenvalue weighted by atomic mass is 10.1. The van der Waals surface area contributed by atoms with E-state index in [0.717, 1.165) is 6.54 Å². The Bertz CT molecular complexity index is 315. The molecule has 0 bridgehead atoms. The predicted molar refractivity (Wildman–Crippen MR) is 75.9 cm³/mol. The molecule has 1 aliphatic rings. The molecule has 0 aliphatic carbocycles. The molecule has 1 aliphatic heterocycles. The van der Waals surface area contributed by atoms with Crippen LogP contribution in [0.1, 0.15) is 12.0 Å². The molecule has 1 aromatic rings. The lowest BCUT2D eigenvalue weighted by molar-refractivity contribution is 0.296. The quantitative estimate of drug-likeness (QED) is 0.825. The van der Waals surface area contributed by atoms with Crippen LogP contribution in [0, 0.1) is 0 Å². The first-order valence-corrected chi connectivity index (χ1v) is 7.67. The van der Waals surface area contributed by atoms with Crippen LogP contribution in [0.2, 0.25) is 0 Å². The van der Waals surface area contributed by atoms with Gasteiger partial charge < -0.3 is 10.2 Å². The number of hydrogen-bond donors (Lipinski definition) is 1. The standard InChI is InChI=1S/C14H22N2S/c1-17-14-5-3-13(4-6-14)7-11-16-10-2-8-15-9-12-16/h3-6,15H,2,7-12H2,1H3. The van der Waals surface area contributed by atoms with Gasteiger partial charge in [0.15, 0.2) is 0 Å². The Morgan fingerprint density at radius 1 is 1.18 bits per heavy atom. The first-order valence-electron chi connectivity index (χ1n) is 6.44. The Labute approximate surface area is 109 Å². The minimum atomic E-state index is 1.14. The molecule has 94 valence electrons. The van der Waals surface area contributed by atoms with Crippen molar-refractivity contribution in [1.82, 2.24) is 10.2 Å². The van der Waals surface area contributed by atoms with E-state index >= 15 is 0 Å². The van der Waals surface area contributed by atoms with Crippen LogP contribution in [-0.2, 0) is 6.42 Å². The van der Waals surface area contributed by atoms with Crippen molar-refractivity contribution >= 4 is 11.8 Å². The van der Waals surface area contributed by atoms with Crippen LogP contribution in [0.4, 0.5) is 0 Å². The Morgan fingerprint density at radius 3 is 2.76 bits per heavy atom. The minimum Gasteiger partial charge on any atom is -0.315 e. The number of thioether (sulfide) groups is 1. The molecule has 17 heavy (non-hydrogen) atoms. The molecule has 1 heterocycles. The van der Waals surface area contributed by atoms with Gasteiger partial charge >= 0.3 is 0 Å². The fraction of sp³-hybridized carbons (Fsp3) is 0.571. The summed E-state index contributed by atoms with van der Waals surface area (Å²) in [7, 11) is 0. The van der Waals surface area contributed by atoms with Gasteiger partial charge in [0.25, 0.3) is 0 Å². The highest BCUT2D eigenvalue weighted by molar-refractivity contribution is 7.98. The summed E-state index contributed by atoms with van der Waals surface area (Å²) in [4.78, 5) is 3.93. The highest BCUT2D eigenvalue weighted by Gasteiger charge is 2.07. The second kappa shape index (κ2) is 7.04. The maximum Gasteiger partial charge on any atom is 0.0107 e. The zero-order chi connectivity index (χ0) is 11.9. The van der Waals surface area contributed by atoms with Crippen molar-refractivity contribution in [2.24, 2.45) is 0 Å². The number of nitrogens with zero attached hydrogens (tertiary/aromatic N) is 1. The van der Waals surface area contributed by atoms with Gasteiger partial charge in [0.2, 0.25) is 0 Å². The fourth-order valence-electron chi connectivity index (χ4n) is 2.20. The molecule has 2 nitrogen and oxygen atoms in total. The van der Waals surface area contributed by atoms with E-state index in [1.165, 1.54) is 49.5 Å². The SMILES string of the molecule is CSc1ccc(CCN2CCCNCC2)cc1. The number of benzene rings is 1. The van der Waals surface area contributed by atoms with Gasteiger partial charge in [-0.3, -0.25) is 0 Å². The van der Waals surface area contributed by atoms with Crippen molar-refractivity contribution in [2.45, 2.75) is 17.7 Å². The fourth-order valence-corrected chi connectivity index (χ4v) is 2.61. The van der Waals surface area contributed by atoms with Gasteiger partial charge in [-0.2, -0.15) is 0 Å². The number of hydrogen-bond acceptors (Lipinski definition) is 3. The lowest BCUT2D eigenvalue weighted by Gasteiger charge is -2.19. The summed E-state index contributed by atoms with van der Waals surface area (Å²) >= 11 is 1.81. The Kier molecular flexibility index (Phi) is 5.36. The summed E-state index contributed by atoms with van der Waals surface area (Å²) in [5.74, 6) is 0. The largest absolute Gasteiger partial charge is 0.315 e. The van der Waals surface area contributed by atoms with Gasteiger partial charge in [-0.1, -0.05) is 12.1 Å². The highest BCUT2D eigenvalue weighted by Crippen LogP contribution is 2.15. The van der Waals surface area contributed by atoms with Crippen molar-refractivity contribution in [3.05, 3.63) is 29.8 Å². The van der Waals surface area contributed by atoms with Crippen molar-refractivity contribution in [2.75, 3.05) is 39.0 Å². The summed E-state index contributed by atoms with van der Waals surface area (Å²) in [6.07, 6.45) is 4.58. The second-order valence-corrected chi connectivity index (χ2v) is 5.42. The van der Waals surface area contributed by atoms with E-state index in [4.69, 9.17) is 0 Å². The van der Waals surface area contributed by atoms with Crippen molar-refractivity contribution in [3.8, 4) is 0 Å². The van der Waals surface area contributed by atoms with Crippen LogP contribution >= 0.6 is 11.8 Å². The van der Waals surface area contributed by atoms with Gasteiger partial charge in [-0.15, -0.1) is 11.8 Å². The zero-order valence-electron chi connectivity index (χ0n) is 10.6. The normalized spacial score (nSPS) is 17.9. The molecule has 0 atom stereocenters. The molecule has 1 aromatic carbocycles. The predicted octanol–water partition coefficient (Wildman–Crippen LogP) is 2.25. The van der Waals surface area contributed by atoms with Crippen molar-refractivity contribution in [1.29, 1.82) is 0 Å². The summed E-state index contributed by atoms with van der Waals surface area (Å²) < 4.78 is 0. The van der Waals surface area contributed by atoms with E-state index in [-0.39, 0.29) is 0 Å². The van der Waals surface area contributed by atoms with E-state index in [1.807, 2.05) is 11.8 Å². The van der Waals surface area contributed by atoms with Crippen LogP contribution in [-0.4, -0.2) is 43.9 Å². The van der Waals surface area contributed by atoms with Crippen molar-refractivity contribution < 1.29 is 0 Å². The molecule has 2 rings (SSSR count). The smallest absolute Gasteiger partial charge is 0.0107 e. The van der Waals surface area contributed by atoms with Gasteiger partial charge in [-0.25, -0.2) is 0 Å². The van der Waals surface area contributed by atoms with Crippen LogP contribution in [0.5, 0.6) is 0 Å². The summed E-state index contributed by atoms with van der Waals surface area (Å²) in [5, 5.41) is 3.45. The Hall–Kier alpha value is -0.510. The van der Waals surface area contributed by atoms with Crippen LogP contribution < -0.4 is 5.32 Å². The summed E-state index contributed by atoms with van der Waals surface area (Å²) in [6.45, 7) is 5.96. The molecular weight excluding hydrogens is 228 g/mol.